The van der Waals surface area contributed by atoms with Crippen LogP contribution >= 0.6 is 11.3 Å². The standard InChI is InChI=1S/C14H17N3O2S/c1-3-9(4-2)13-16-17-14(20-13)15-12(19)10-7-5-6-8-11(10)18/h5-9,18H,3-4H2,1-2H3,(H,15,17,19). The minimum absolute atomic E-state index is 0.0465. The van der Waals surface area contributed by atoms with E-state index < -0.39 is 0 Å². The van der Waals surface area contributed by atoms with Gasteiger partial charge >= 0.3 is 0 Å². The molecule has 2 rings (SSSR count). The van der Waals surface area contributed by atoms with Gasteiger partial charge in [0.1, 0.15) is 10.8 Å². The van der Waals surface area contributed by atoms with Crippen LogP contribution in [0.2, 0.25) is 0 Å². The van der Waals surface area contributed by atoms with Crippen molar-refractivity contribution in [2.45, 2.75) is 32.6 Å². The number of aromatic hydroxyl groups is 1. The Balaban J connectivity index is 2.11. The molecule has 0 fully saturated rings. The summed E-state index contributed by atoms with van der Waals surface area (Å²) in [7, 11) is 0. The molecule has 20 heavy (non-hydrogen) atoms. The van der Waals surface area contributed by atoms with E-state index in [1.54, 1.807) is 18.2 Å². The van der Waals surface area contributed by atoms with Gasteiger partial charge in [-0.25, -0.2) is 0 Å². The van der Waals surface area contributed by atoms with Gasteiger partial charge in [0.25, 0.3) is 5.91 Å². The molecule has 0 spiro atoms. The first kappa shape index (κ1) is 14.5. The predicted octanol–water partition coefficient (Wildman–Crippen LogP) is 3.40. The first-order chi connectivity index (χ1) is 9.65. The van der Waals surface area contributed by atoms with E-state index >= 15 is 0 Å². The molecule has 0 saturated carbocycles. The molecule has 0 unspecified atom stereocenters. The van der Waals surface area contributed by atoms with Crippen LogP contribution in [-0.2, 0) is 0 Å². The third-order valence-corrected chi connectivity index (χ3v) is 4.15. The van der Waals surface area contributed by atoms with E-state index in [1.807, 2.05) is 0 Å². The third-order valence-electron chi connectivity index (χ3n) is 3.14. The number of aromatic nitrogens is 2. The molecular weight excluding hydrogens is 274 g/mol. The topological polar surface area (TPSA) is 75.1 Å². The number of nitrogens with zero attached hydrogens (tertiary/aromatic N) is 2. The van der Waals surface area contributed by atoms with Crippen LogP contribution < -0.4 is 5.32 Å². The van der Waals surface area contributed by atoms with Gasteiger partial charge in [-0.15, -0.1) is 10.2 Å². The number of hydrogen-bond donors (Lipinski definition) is 2. The molecule has 0 aliphatic rings. The number of para-hydroxylation sites is 1. The van der Waals surface area contributed by atoms with Crippen LogP contribution in [0.15, 0.2) is 24.3 Å². The number of hydrogen-bond acceptors (Lipinski definition) is 5. The summed E-state index contributed by atoms with van der Waals surface area (Å²) < 4.78 is 0. The number of amides is 1. The maximum atomic E-state index is 12.0. The molecule has 2 N–H and O–H groups in total. The first-order valence-corrected chi connectivity index (χ1v) is 7.40. The molecule has 1 heterocycles. The molecule has 1 aromatic heterocycles. The Kier molecular flexibility index (Phi) is 4.68. The lowest BCUT2D eigenvalue weighted by Gasteiger charge is -2.06. The van der Waals surface area contributed by atoms with E-state index in [0.29, 0.717) is 11.0 Å². The van der Waals surface area contributed by atoms with E-state index in [4.69, 9.17) is 0 Å². The highest BCUT2D eigenvalue weighted by molar-refractivity contribution is 7.15. The summed E-state index contributed by atoms with van der Waals surface area (Å²) in [5.41, 5.74) is 0.229. The summed E-state index contributed by atoms with van der Waals surface area (Å²) in [6.07, 6.45) is 2.00. The average Bonchev–Trinajstić information content (AvgIpc) is 2.89. The fourth-order valence-corrected chi connectivity index (χ4v) is 2.92. The number of phenolic OH excluding ortho intramolecular Hbond substituents is 1. The fraction of sp³-hybridized carbons (Fsp3) is 0.357. The van der Waals surface area contributed by atoms with Crippen molar-refractivity contribution in [3.05, 3.63) is 34.8 Å². The monoisotopic (exact) mass is 291 g/mol. The second kappa shape index (κ2) is 6.47. The number of nitrogens with one attached hydrogen (secondary N) is 1. The number of carbonyl (C=O) groups excluding carboxylic acids is 1. The second-order valence-electron chi connectivity index (χ2n) is 4.43. The number of rotatable bonds is 5. The quantitative estimate of drug-likeness (QED) is 0.885. The van der Waals surface area contributed by atoms with Crippen molar-refractivity contribution < 1.29 is 9.90 Å². The van der Waals surface area contributed by atoms with E-state index in [9.17, 15) is 9.90 Å². The van der Waals surface area contributed by atoms with Crippen molar-refractivity contribution in [2.24, 2.45) is 0 Å². The van der Waals surface area contributed by atoms with Crippen LogP contribution in [0.4, 0.5) is 5.13 Å². The number of benzene rings is 1. The van der Waals surface area contributed by atoms with Crippen LogP contribution in [0, 0.1) is 0 Å². The fourth-order valence-electron chi connectivity index (χ4n) is 1.92. The van der Waals surface area contributed by atoms with Crippen molar-refractivity contribution in [2.75, 3.05) is 5.32 Å². The van der Waals surface area contributed by atoms with Gasteiger partial charge in [-0.2, -0.15) is 0 Å². The Labute approximate surface area is 121 Å². The van der Waals surface area contributed by atoms with Gasteiger partial charge in [-0.3, -0.25) is 10.1 Å². The molecule has 0 aliphatic heterocycles. The van der Waals surface area contributed by atoms with Crippen molar-refractivity contribution in [1.29, 1.82) is 0 Å². The molecule has 0 atom stereocenters. The zero-order valence-corrected chi connectivity index (χ0v) is 12.3. The highest BCUT2D eigenvalue weighted by atomic mass is 32.1. The maximum absolute atomic E-state index is 12.0. The SMILES string of the molecule is CCC(CC)c1nnc(NC(=O)c2ccccc2O)s1. The van der Waals surface area contributed by atoms with E-state index in [1.165, 1.54) is 17.4 Å². The van der Waals surface area contributed by atoms with Crippen LogP contribution in [0.3, 0.4) is 0 Å². The van der Waals surface area contributed by atoms with Crippen LogP contribution in [-0.4, -0.2) is 21.2 Å². The molecule has 1 aromatic carbocycles. The molecule has 5 nitrogen and oxygen atoms in total. The van der Waals surface area contributed by atoms with E-state index in [2.05, 4.69) is 29.4 Å². The Hall–Kier alpha value is -1.95. The predicted molar refractivity (Wildman–Crippen MR) is 79.3 cm³/mol. The number of anilines is 1. The Bertz CT molecular complexity index is 594. The molecule has 0 aliphatic carbocycles. The van der Waals surface area contributed by atoms with Crippen molar-refractivity contribution >= 4 is 22.4 Å². The van der Waals surface area contributed by atoms with Gasteiger partial charge in [0, 0.05) is 5.92 Å². The normalized spacial score (nSPS) is 10.8. The molecule has 6 heteroatoms. The first-order valence-electron chi connectivity index (χ1n) is 6.58. The lowest BCUT2D eigenvalue weighted by atomic mass is 10.1. The third kappa shape index (κ3) is 3.14. The maximum Gasteiger partial charge on any atom is 0.261 e. The summed E-state index contributed by atoms with van der Waals surface area (Å²) in [5, 5.41) is 21.8. The Morgan fingerprint density at radius 3 is 2.65 bits per heavy atom. The highest BCUT2D eigenvalue weighted by Gasteiger charge is 2.16. The lowest BCUT2D eigenvalue weighted by molar-refractivity contribution is 0.102. The largest absolute Gasteiger partial charge is 0.507 e. The van der Waals surface area contributed by atoms with Gasteiger partial charge in [0.2, 0.25) is 5.13 Å². The second-order valence-corrected chi connectivity index (χ2v) is 5.44. The van der Waals surface area contributed by atoms with Crippen LogP contribution in [0.1, 0.15) is 48.0 Å². The summed E-state index contributed by atoms with van der Waals surface area (Å²) >= 11 is 1.38. The Morgan fingerprint density at radius 1 is 1.30 bits per heavy atom. The molecule has 1 amide bonds. The smallest absolute Gasteiger partial charge is 0.261 e. The van der Waals surface area contributed by atoms with E-state index in [-0.39, 0.29) is 17.2 Å². The molecular formula is C14H17N3O2S. The van der Waals surface area contributed by atoms with Crippen molar-refractivity contribution in [3.63, 3.8) is 0 Å². The lowest BCUT2D eigenvalue weighted by Crippen LogP contribution is -2.11. The van der Waals surface area contributed by atoms with Gasteiger partial charge in [-0.05, 0) is 25.0 Å². The van der Waals surface area contributed by atoms with Gasteiger partial charge < -0.3 is 5.11 Å². The molecule has 106 valence electrons. The number of phenols is 1. The minimum atomic E-state index is -0.379. The zero-order chi connectivity index (χ0) is 14.5. The summed E-state index contributed by atoms with van der Waals surface area (Å²) in [5.74, 6) is -0.0478. The molecule has 0 bridgehead atoms. The van der Waals surface area contributed by atoms with Crippen LogP contribution in [0.25, 0.3) is 0 Å². The molecule has 0 saturated heterocycles. The zero-order valence-electron chi connectivity index (χ0n) is 11.5. The van der Waals surface area contributed by atoms with E-state index in [0.717, 1.165) is 17.8 Å². The van der Waals surface area contributed by atoms with Crippen molar-refractivity contribution in [3.8, 4) is 5.75 Å². The average molecular weight is 291 g/mol. The summed E-state index contributed by atoms with van der Waals surface area (Å²) in [4.78, 5) is 12.0. The number of carbonyl (C=O) groups is 1. The van der Waals surface area contributed by atoms with Crippen molar-refractivity contribution in [1.82, 2.24) is 10.2 Å². The minimum Gasteiger partial charge on any atom is -0.507 e. The highest BCUT2D eigenvalue weighted by Crippen LogP contribution is 2.28. The summed E-state index contributed by atoms with van der Waals surface area (Å²) in [6.45, 7) is 4.21. The molecule has 0 radical (unpaired) electrons. The summed E-state index contributed by atoms with van der Waals surface area (Å²) in [6, 6.07) is 6.41. The Morgan fingerprint density at radius 2 is 2.00 bits per heavy atom. The molecule has 2 aromatic rings. The van der Waals surface area contributed by atoms with Crippen LogP contribution in [0.5, 0.6) is 5.75 Å². The van der Waals surface area contributed by atoms with Gasteiger partial charge in [-0.1, -0.05) is 37.3 Å². The van der Waals surface area contributed by atoms with Gasteiger partial charge in [0.15, 0.2) is 0 Å². The van der Waals surface area contributed by atoms with Gasteiger partial charge in [0.05, 0.1) is 5.56 Å².